The fraction of sp³-hybridized carbons (Fsp3) is 0.318. The number of nitrogens with one attached hydrogen (secondary N) is 1. The van der Waals surface area contributed by atoms with E-state index in [1.165, 1.54) is 6.07 Å². The van der Waals surface area contributed by atoms with Gasteiger partial charge in [-0.3, -0.25) is 4.90 Å². The van der Waals surface area contributed by atoms with Gasteiger partial charge in [0, 0.05) is 50.3 Å². The van der Waals surface area contributed by atoms with E-state index in [1.54, 1.807) is 12.1 Å². The van der Waals surface area contributed by atoms with Crippen LogP contribution in [0, 0.1) is 17.1 Å². The highest BCUT2D eigenvalue weighted by Gasteiger charge is 2.19. The molecule has 0 aliphatic carbocycles. The van der Waals surface area contributed by atoms with Crippen LogP contribution in [-0.2, 0) is 6.54 Å². The van der Waals surface area contributed by atoms with Gasteiger partial charge in [0.25, 0.3) is 0 Å². The van der Waals surface area contributed by atoms with E-state index in [1.807, 2.05) is 24.3 Å². The third-order valence-electron chi connectivity index (χ3n) is 5.53. The molecule has 0 unspecified atom stereocenters. The molecule has 0 bridgehead atoms. The molecule has 8 nitrogen and oxygen atoms in total. The maximum absolute atomic E-state index is 14.5. The summed E-state index contributed by atoms with van der Waals surface area (Å²) in [4.78, 5) is 4.48. The number of aliphatic hydroxyl groups is 1. The molecule has 0 amide bonds. The van der Waals surface area contributed by atoms with Gasteiger partial charge in [0.15, 0.2) is 5.69 Å². The predicted molar refractivity (Wildman–Crippen MR) is 118 cm³/mol. The van der Waals surface area contributed by atoms with Crippen molar-refractivity contribution in [3.8, 4) is 6.07 Å². The number of aromatic nitrogens is 2. The zero-order chi connectivity index (χ0) is 21.8. The van der Waals surface area contributed by atoms with E-state index in [4.69, 9.17) is 10.8 Å². The minimum Gasteiger partial charge on any atom is -0.395 e. The Morgan fingerprint density at radius 1 is 1.13 bits per heavy atom. The number of nitriles is 1. The van der Waals surface area contributed by atoms with Gasteiger partial charge in [0.1, 0.15) is 11.9 Å². The molecular weight excluding hydrogens is 397 g/mol. The van der Waals surface area contributed by atoms with Gasteiger partial charge < -0.3 is 21.1 Å². The minimum atomic E-state index is -0.450. The van der Waals surface area contributed by atoms with Crippen LogP contribution >= 0.6 is 0 Å². The molecule has 0 saturated carbocycles. The Morgan fingerprint density at radius 3 is 2.61 bits per heavy atom. The Kier molecular flexibility index (Phi) is 6.23. The van der Waals surface area contributed by atoms with Crippen LogP contribution in [0.4, 0.5) is 21.5 Å². The fourth-order valence-corrected chi connectivity index (χ4v) is 3.79. The van der Waals surface area contributed by atoms with Crippen LogP contribution in [0.5, 0.6) is 0 Å². The summed E-state index contributed by atoms with van der Waals surface area (Å²) in [6.07, 6.45) is 0. The molecule has 160 valence electrons. The molecule has 3 aromatic rings. The van der Waals surface area contributed by atoms with Crippen LogP contribution in [0.1, 0.15) is 11.3 Å². The molecule has 4 rings (SSSR count). The third-order valence-corrected chi connectivity index (χ3v) is 5.53. The second kappa shape index (κ2) is 9.22. The van der Waals surface area contributed by atoms with Crippen molar-refractivity contribution in [3.05, 3.63) is 53.5 Å². The smallest absolute Gasteiger partial charge is 0.187 e. The summed E-state index contributed by atoms with van der Waals surface area (Å²) >= 11 is 0. The molecular formula is C22H24FN7O. The van der Waals surface area contributed by atoms with Gasteiger partial charge in [0.2, 0.25) is 0 Å². The normalized spacial score (nSPS) is 14.6. The average Bonchev–Trinajstić information content (AvgIpc) is 2.80. The summed E-state index contributed by atoms with van der Waals surface area (Å²) in [6.45, 7) is 4.55. The van der Waals surface area contributed by atoms with Crippen molar-refractivity contribution in [3.63, 3.8) is 0 Å². The summed E-state index contributed by atoms with van der Waals surface area (Å²) in [5.74, 6) is -0.450. The quantitative estimate of drug-likeness (QED) is 0.553. The van der Waals surface area contributed by atoms with Crippen molar-refractivity contribution in [2.45, 2.75) is 6.54 Å². The lowest BCUT2D eigenvalue weighted by atomic mass is 10.1. The first-order valence-corrected chi connectivity index (χ1v) is 10.2. The number of fused-ring (bicyclic) bond motifs is 1. The number of hydrogen-bond acceptors (Lipinski definition) is 8. The number of nitrogens with zero attached hydrogens (tertiary/aromatic N) is 5. The Hall–Kier alpha value is -3.32. The minimum absolute atomic E-state index is 0.0974. The number of aliphatic hydroxyl groups excluding tert-OH is 1. The number of nitrogens with two attached hydrogens (primary N) is 1. The zero-order valence-corrected chi connectivity index (χ0v) is 17.1. The molecule has 0 radical (unpaired) electrons. The predicted octanol–water partition coefficient (Wildman–Crippen LogP) is 1.96. The third kappa shape index (κ3) is 4.41. The molecule has 1 saturated heterocycles. The zero-order valence-electron chi connectivity index (χ0n) is 17.1. The topological polar surface area (TPSA) is 114 Å². The summed E-state index contributed by atoms with van der Waals surface area (Å²) in [5.41, 5.74) is 8.66. The molecule has 2 heterocycles. The van der Waals surface area contributed by atoms with E-state index >= 15 is 0 Å². The highest BCUT2D eigenvalue weighted by atomic mass is 19.1. The molecule has 1 aliphatic rings. The van der Waals surface area contributed by atoms with Crippen molar-refractivity contribution < 1.29 is 9.50 Å². The number of piperazine rings is 1. The molecule has 0 atom stereocenters. The summed E-state index contributed by atoms with van der Waals surface area (Å²) in [7, 11) is 0. The Labute approximate surface area is 179 Å². The molecule has 1 aliphatic heterocycles. The van der Waals surface area contributed by atoms with E-state index in [9.17, 15) is 9.65 Å². The van der Waals surface area contributed by atoms with Crippen molar-refractivity contribution in [1.82, 2.24) is 15.1 Å². The van der Waals surface area contributed by atoms with E-state index in [0.29, 0.717) is 28.7 Å². The van der Waals surface area contributed by atoms with Crippen LogP contribution in [0.15, 0.2) is 36.4 Å². The largest absolute Gasteiger partial charge is 0.395 e. The summed E-state index contributed by atoms with van der Waals surface area (Å²) < 4.78 is 14.5. The molecule has 31 heavy (non-hydrogen) atoms. The lowest BCUT2D eigenvalue weighted by Gasteiger charge is -2.35. The molecule has 1 fully saturated rings. The lowest BCUT2D eigenvalue weighted by Crippen LogP contribution is -2.47. The SMILES string of the molecule is N#Cc1nnc2cc(N3CCN(CCO)CC3)ccc2c1Nc1ccc(CN)cc1F. The summed E-state index contributed by atoms with van der Waals surface area (Å²) in [5, 5.41) is 30.6. The van der Waals surface area contributed by atoms with Crippen LogP contribution in [-0.4, -0.2) is 59.5 Å². The maximum Gasteiger partial charge on any atom is 0.187 e. The van der Waals surface area contributed by atoms with Crippen molar-refractivity contribution in [2.24, 2.45) is 5.73 Å². The summed E-state index contributed by atoms with van der Waals surface area (Å²) in [6, 6.07) is 12.5. The van der Waals surface area contributed by atoms with E-state index in [2.05, 4.69) is 25.3 Å². The highest BCUT2D eigenvalue weighted by Crippen LogP contribution is 2.31. The van der Waals surface area contributed by atoms with Gasteiger partial charge in [-0.25, -0.2) is 4.39 Å². The highest BCUT2D eigenvalue weighted by molar-refractivity contribution is 5.96. The van der Waals surface area contributed by atoms with Crippen LogP contribution in [0.3, 0.4) is 0 Å². The maximum atomic E-state index is 14.5. The molecule has 9 heteroatoms. The Balaban J connectivity index is 1.64. The number of anilines is 3. The van der Waals surface area contributed by atoms with E-state index in [0.717, 1.165) is 31.9 Å². The van der Waals surface area contributed by atoms with Gasteiger partial charge in [-0.05, 0) is 35.9 Å². The van der Waals surface area contributed by atoms with Crippen LogP contribution < -0.4 is 16.0 Å². The number of hydrogen-bond donors (Lipinski definition) is 3. The van der Waals surface area contributed by atoms with Crippen molar-refractivity contribution in [1.29, 1.82) is 5.26 Å². The first-order valence-electron chi connectivity index (χ1n) is 10.2. The number of rotatable bonds is 6. The van der Waals surface area contributed by atoms with Gasteiger partial charge in [0.05, 0.1) is 23.5 Å². The van der Waals surface area contributed by atoms with Crippen molar-refractivity contribution in [2.75, 3.05) is 49.5 Å². The Morgan fingerprint density at radius 2 is 1.94 bits per heavy atom. The van der Waals surface area contributed by atoms with Gasteiger partial charge in [-0.15, -0.1) is 10.2 Å². The van der Waals surface area contributed by atoms with Crippen LogP contribution in [0.25, 0.3) is 10.9 Å². The molecule has 0 spiro atoms. The number of benzene rings is 2. The van der Waals surface area contributed by atoms with Crippen LogP contribution in [0.2, 0.25) is 0 Å². The fourth-order valence-electron chi connectivity index (χ4n) is 3.79. The second-order valence-corrected chi connectivity index (χ2v) is 7.43. The molecule has 4 N–H and O–H groups in total. The lowest BCUT2D eigenvalue weighted by molar-refractivity contribution is 0.189. The standard InChI is InChI=1S/C22H24FN7O/c23-18-11-15(13-24)1-4-19(18)26-22-17-3-2-16(12-20(17)27-28-21(22)14-25)30-7-5-29(6-8-30)9-10-31/h1-4,11-12,31H,5-10,13,24H2,(H,26,27). The van der Waals surface area contributed by atoms with Gasteiger partial charge >= 0.3 is 0 Å². The molecule has 2 aromatic carbocycles. The van der Waals surface area contributed by atoms with Gasteiger partial charge in [-0.2, -0.15) is 5.26 Å². The van der Waals surface area contributed by atoms with Crippen molar-refractivity contribution >= 4 is 28.0 Å². The second-order valence-electron chi connectivity index (χ2n) is 7.43. The van der Waals surface area contributed by atoms with Gasteiger partial charge in [-0.1, -0.05) is 6.07 Å². The number of halogens is 1. The van der Waals surface area contributed by atoms with E-state index < -0.39 is 5.82 Å². The average molecular weight is 421 g/mol. The first-order chi connectivity index (χ1) is 15.1. The Bertz CT molecular complexity index is 1120. The molecule has 1 aromatic heterocycles. The first kappa shape index (κ1) is 20.9. The van der Waals surface area contributed by atoms with E-state index in [-0.39, 0.29) is 24.5 Å². The monoisotopic (exact) mass is 421 g/mol. The number of β-amino-alcohol motifs (C(OH)–C–C–N with tert-alkyl or cyclic N) is 1.